The number of amides is 1. The lowest BCUT2D eigenvalue weighted by atomic mass is 10.1. The Labute approximate surface area is 187 Å². The molecule has 0 fully saturated rings. The topological polar surface area (TPSA) is 119 Å². The van der Waals surface area contributed by atoms with Gasteiger partial charge >= 0.3 is 5.97 Å². The van der Waals surface area contributed by atoms with Crippen molar-refractivity contribution in [2.75, 3.05) is 32.1 Å². The molecule has 0 heterocycles. The number of carbonyl (C=O) groups is 3. The Balaban J connectivity index is 2.17. The molecule has 1 amide bonds. The monoisotopic (exact) mass is 462 g/mol. The van der Waals surface area contributed by atoms with Crippen LogP contribution in [-0.4, -0.2) is 57.2 Å². The van der Waals surface area contributed by atoms with Crippen LogP contribution in [0, 0.1) is 0 Å². The van der Waals surface area contributed by atoms with Gasteiger partial charge in [0.2, 0.25) is 10.0 Å². The molecule has 10 heteroatoms. The third-order valence-electron chi connectivity index (χ3n) is 4.64. The van der Waals surface area contributed by atoms with Crippen molar-refractivity contribution in [3.63, 3.8) is 0 Å². The normalized spacial score (nSPS) is 11.2. The van der Waals surface area contributed by atoms with E-state index in [2.05, 4.69) is 5.32 Å². The van der Waals surface area contributed by atoms with Crippen LogP contribution in [0.4, 0.5) is 5.69 Å². The summed E-state index contributed by atoms with van der Waals surface area (Å²) in [7, 11) is -2.56. The van der Waals surface area contributed by atoms with Gasteiger partial charge in [0.1, 0.15) is 10.6 Å². The van der Waals surface area contributed by atoms with Crippen LogP contribution in [0.3, 0.4) is 0 Å². The predicted octanol–water partition coefficient (Wildman–Crippen LogP) is 2.72. The standard InChI is InChI=1S/C22H26N2O7S/c1-5-24(6-2)32(28,29)20-13-16(11-12-19(20)30-4)22(27)31-14-21(26)23-18-10-8-7-9-17(18)15(3)25/h7-13H,5-6,14H2,1-4H3,(H,23,26). The number of anilines is 1. The van der Waals surface area contributed by atoms with Gasteiger partial charge in [-0.3, -0.25) is 9.59 Å². The maximum absolute atomic E-state index is 12.9. The van der Waals surface area contributed by atoms with Gasteiger partial charge in [-0.15, -0.1) is 0 Å². The number of nitrogens with one attached hydrogen (secondary N) is 1. The number of Topliss-reactive ketones (excluding diaryl/α,β-unsaturated/α-hetero) is 1. The van der Waals surface area contributed by atoms with Crippen LogP contribution < -0.4 is 10.1 Å². The van der Waals surface area contributed by atoms with Gasteiger partial charge in [-0.25, -0.2) is 13.2 Å². The van der Waals surface area contributed by atoms with E-state index in [0.717, 1.165) is 6.07 Å². The fourth-order valence-electron chi connectivity index (χ4n) is 3.01. The lowest BCUT2D eigenvalue weighted by molar-refractivity contribution is -0.119. The minimum absolute atomic E-state index is 0.0477. The smallest absolute Gasteiger partial charge is 0.338 e. The van der Waals surface area contributed by atoms with Gasteiger partial charge in [0.05, 0.1) is 18.4 Å². The molecule has 0 aliphatic heterocycles. The second-order valence-electron chi connectivity index (χ2n) is 6.68. The van der Waals surface area contributed by atoms with E-state index in [1.165, 1.54) is 30.5 Å². The lowest BCUT2D eigenvalue weighted by Gasteiger charge is -2.20. The Kier molecular flexibility index (Phi) is 8.50. The summed E-state index contributed by atoms with van der Waals surface area (Å²) >= 11 is 0. The van der Waals surface area contributed by atoms with Crippen molar-refractivity contribution in [1.82, 2.24) is 4.31 Å². The number of hydrogen-bond donors (Lipinski definition) is 1. The predicted molar refractivity (Wildman–Crippen MR) is 118 cm³/mol. The molecule has 0 spiro atoms. The van der Waals surface area contributed by atoms with Gasteiger partial charge in [-0.05, 0) is 37.3 Å². The average Bonchev–Trinajstić information content (AvgIpc) is 2.77. The first-order valence-corrected chi connectivity index (χ1v) is 11.3. The highest BCUT2D eigenvalue weighted by Gasteiger charge is 2.27. The fourth-order valence-corrected chi connectivity index (χ4v) is 4.65. The first kappa shape index (κ1) is 25.0. The SMILES string of the molecule is CCN(CC)S(=O)(=O)c1cc(C(=O)OCC(=O)Nc2ccccc2C(C)=O)ccc1OC. The number of benzene rings is 2. The van der Waals surface area contributed by atoms with Crippen molar-refractivity contribution in [3.8, 4) is 5.75 Å². The quantitative estimate of drug-likeness (QED) is 0.426. The fraction of sp³-hybridized carbons (Fsp3) is 0.318. The zero-order valence-electron chi connectivity index (χ0n) is 18.4. The number of rotatable bonds is 10. The van der Waals surface area contributed by atoms with Crippen LogP contribution in [0.5, 0.6) is 5.75 Å². The summed E-state index contributed by atoms with van der Waals surface area (Å²) in [5, 5.41) is 2.52. The first-order chi connectivity index (χ1) is 15.1. The number of para-hydroxylation sites is 1. The molecule has 1 N–H and O–H groups in total. The Hall–Kier alpha value is -3.24. The Morgan fingerprint density at radius 3 is 2.28 bits per heavy atom. The van der Waals surface area contributed by atoms with Gasteiger partial charge in [-0.1, -0.05) is 26.0 Å². The average molecular weight is 463 g/mol. The van der Waals surface area contributed by atoms with Gasteiger partial charge in [-0.2, -0.15) is 4.31 Å². The molecule has 32 heavy (non-hydrogen) atoms. The second kappa shape index (κ2) is 10.9. The molecule has 0 bridgehead atoms. The van der Waals surface area contributed by atoms with E-state index < -0.39 is 28.5 Å². The van der Waals surface area contributed by atoms with Crippen LogP contribution in [0.15, 0.2) is 47.4 Å². The van der Waals surface area contributed by atoms with E-state index in [-0.39, 0.29) is 35.1 Å². The molecule has 2 aromatic rings. The number of carbonyl (C=O) groups excluding carboxylic acids is 3. The van der Waals surface area contributed by atoms with Crippen LogP contribution in [0.2, 0.25) is 0 Å². The summed E-state index contributed by atoms with van der Waals surface area (Å²) in [6.07, 6.45) is 0. The summed E-state index contributed by atoms with van der Waals surface area (Å²) < 4.78 is 37.2. The zero-order chi connectivity index (χ0) is 23.9. The minimum atomic E-state index is -3.90. The number of hydrogen-bond acceptors (Lipinski definition) is 7. The molecule has 0 atom stereocenters. The molecule has 0 aliphatic rings. The molecule has 2 aromatic carbocycles. The van der Waals surface area contributed by atoms with Gasteiger partial charge in [0.15, 0.2) is 12.4 Å². The Morgan fingerprint density at radius 1 is 1.03 bits per heavy atom. The molecule has 0 unspecified atom stereocenters. The van der Waals surface area contributed by atoms with Gasteiger partial charge in [0.25, 0.3) is 5.91 Å². The highest BCUT2D eigenvalue weighted by molar-refractivity contribution is 7.89. The maximum Gasteiger partial charge on any atom is 0.338 e. The molecule has 0 saturated carbocycles. The molecule has 0 aliphatic carbocycles. The van der Waals surface area contributed by atoms with Crippen LogP contribution in [0.1, 0.15) is 41.5 Å². The number of methoxy groups -OCH3 is 1. The van der Waals surface area contributed by atoms with Crippen LogP contribution >= 0.6 is 0 Å². The molecule has 0 radical (unpaired) electrons. The molecule has 0 aromatic heterocycles. The van der Waals surface area contributed by atoms with E-state index in [9.17, 15) is 22.8 Å². The lowest BCUT2D eigenvalue weighted by Crippen LogP contribution is -2.31. The molecule has 9 nitrogen and oxygen atoms in total. The number of nitrogens with zero attached hydrogens (tertiary/aromatic N) is 1. The van der Waals surface area contributed by atoms with Crippen molar-refractivity contribution in [1.29, 1.82) is 0 Å². The molecular formula is C22H26N2O7S. The van der Waals surface area contributed by atoms with E-state index in [1.807, 2.05) is 0 Å². The van der Waals surface area contributed by atoms with Crippen molar-refractivity contribution >= 4 is 33.4 Å². The number of esters is 1. The third-order valence-corrected chi connectivity index (χ3v) is 6.71. The van der Waals surface area contributed by atoms with Crippen LogP contribution in [-0.2, 0) is 19.6 Å². The van der Waals surface area contributed by atoms with Gasteiger partial charge in [0, 0.05) is 18.7 Å². The third kappa shape index (κ3) is 5.71. The highest BCUT2D eigenvalue weighted by Crippen LogP contribution is 2.28. The summed E-state index contributed by atoms with van der Waals surface area (Å²) in [6.45, 7) is 4.66. The molecule has 172 valence electrons. The van der Waals surface area contributed by atoms with Crippen molar-refractivity contribution in [2.45, 2.75) is 25.7 Å². The van der Waals surface area contributed by atoms with E-state index in [1.54, 1.807) is 38.1 Å². The summed E-state index contributed by atoms with van der Waals surface area (Å²) in [4.78, 5) is 36.1. The van der Waals surface area contributed by atoms with Crippen molar-refractivity contribution in [2.24, 2.45) is 0 Å². The summed E-state index contributed by atoms with van der Waals surface area (Å²) in [5.41, 5.74) is 0.583. The van der Waals surface area contributed by atoms with Crippen molar-refractivity contribution in [3.05, 3.63) is 53.6 Å². The molecule has 2 rings (SSSR count). The Bertz CT molecular complexity index is 1110. The minimum Gasteiger partial charge on any atom is -0.495 e. The van der Waals surface area contributed by atoms with E-state index in [0.29, 0.717) is 11.3 Å². The summed E-state index contributed by atoms with van der Waals surface area (Å²) in [5.74, 6) is -1.65. The van der Waals surface area contributed by atoms with E-state index in [4.69, 9.17) is 9.47 Å². The van der Waals surface area contributed by atoms with Gasteiger partial charge < -0.3 is 14.8 Å². The zero-order valence-corrected chi connectivity index (χ0v) is 19.2. The molecule has 0 saturated heterocycles. The summed E-state index contributed by atoms with van der Waals surface area (Å²) in [6, 6.07) is 10.3. The number of sulfonamides is 1. The Morgan fingerprint density at radius 2 is 1.69 bits per heavy atom. The highest BCUT2D eigenvalue weighted by atomic mass is 32.2. The molecular weight excluding hydrogens is 436 g/mol. The van der Waals surface area contributed by atoms with E-state index >= 15 is 0 Å². The maximum atomic E-state index is 12.9. The number of ketones is 1. The van der Waals surface area contributed by atoms with Crippen molar-refractivity contribution < 1.29 is 32.3 Å². The number of ether oxygens (including phenoxy) is 2. The first-order valence-electron chi connectivity index (χ1n) is 9.90. The largest absolute Gasteiger partial charge is 0.495 e. The second-order valence-corrected chi connectivity index (χ2v) is 8.59. The van der Waals surface area contributed by atoms with Crippen LogP contribution in [0.25, 0.3) is 0 Å².